The van der Waals surface area contributed by atoms with E-state index >= 15 is 0 Å². The Morgan fingerprint density at radius 1 is 1.16 bits per heavy atom. The molecule has 0 saturated heterocycles. The minimum Gasteiger partial charge on any atom is -0.307 e. The van der Waals surface area contributed by atoms with Gasteiger partial charge in [0.25, 0.3) is 5.56 Å². The number of hydrogen-bond acceptors (Lipinski definition) is 5. The number of sulfonamides is 1. The second-order valence-corrected chi connectivity index (χ2v) is 7.33. The van der Waals surface area contributed by atoms with Crippen LogP contribution in [-0.2, 0) is 30.5 Å². The van der Waals surface area contributed by atoms with Gasteiger partial charge in [0.15, 0.2) is 4.90 Å². The van der Waals surface area contributed by atoms with Crippen molar-refractivity contribution in [2.75, 3.05) is 6.54 Å². The Labute approximate surface area is 143 Å². The third-order valence-corrected chi connectivity index (χ3v) is 5.23. The summed E-state index contributed by atoms with van der Waals surface area (Å²) in [5.74, 6) is 0. The number of nitrogens with one attached hydrogen (secondary N) is 1. The largest absolute Gasteiger partial charge is 0.330 e. The minimum atomic E-state index is -4.03. The summed E-state index contributed by atoms with van der Waals surface area (Å²) in [6, 6.07) is 5.59. The van der Waals surface area contributed by atoms with Gasteiger partial charge in [0, 0.05) is 45.7 Å². The highest BCUT2D eigenvalue weighted by molar-refractivity contribution is 7.89. The third kappa shape index (κ3) is 3.26. The Balaban J connectivity index is 1.78. The molecule has 3 aromatic heterocycles. The lowest BCUT2D eigenvalue weighted by Gasteiger charge is -2.08. The molecule has 3 heterocycles. The number of imidazole rings is 1. The summed E-state index contributed by atoms with van der Waals surface area (Å²) in [4.78, 5) is 27.6. The van der Waals surface area contributed by atoms with Crippen molar-refractivity contribution < 1.29 is 8.42 Å². The number of pyridine rings is 1. The van der Waals surface area contributed by atoms with Crippen LogP contribution < -0.4 is 16.0 Å². The molecule has 0 amide bonds. The molecule has 0 unspecified atom stereocenters. The van der Waals surface area contributed by atoms with Crippen molar-refractivity contribution in [1.82, 2.24) is 23.2 Å². The van der Waals surface area contributed by atoms with Crippen LogP contribution in [0.4, 0.5) is 0 Å². The van der Waals surface area contributed by atoms with Gasteiger partial charge in [-0.15, -0.1) is 0 Å². The molecule has 0 radical (unpaired) electrons. The van der Waals surface area contributed by atoms with E-state index in [1.54, 1.807) is 0 Å². The molecule has 0 fully saturated rings. The first kappa shape index (κ1) is 17.1. The van der Waals surface area contributed by atoms with Crippen LogP contribution >= 0.6 is 0 Å². The van der Waals surface area contributed by atoms with Gasteiger partial charge in [0.05, 0.1) is 5.69 Å². The Hall–Kier alpha value is -2.72. The van der Waals surface area contributed by atoms with Crippen molar-refractivity contribution in [1.29, 1.82) is 0 Å². The normalized spacial score (nSPS) is 11.9. The molecular weight excluding hydrogens is 346 g/mol. The summed E-state index contributed by atoms with van der Waals surface area (Å²) in [6.07, 6.45) is 5.06. The van der Waals surface area contributed by atoms with Gasteiger partial charge in [-0.25, -0.2) is 22.9 Å². The summed E-state index contributed by atoms with van der Waals surface area (Å²) in [6.45, 7) is 0.0816. The number of fused-ring (bicyclic) bond motifs is 1. The van der Waals surface area contributed by atoms with Gasteiger partial charge >= 0.3 is 5.69 Å². The number of nitrogens with zero attached hydrogens (tertiary/aromatic N) is 4. The van der Waals surface area contributed by atoms with Crippen LogP contribution in [0, 0.1) is 0 Å². The minimum absolute atomic E-state index is 0.0816. The molecule has 0 aromatic carbocycles. The summed E-state index contributed by atoms with van der Waals surface area (Å²) in [5, 5.41) is 0. The first-order chi connectivity index (χ1) is 11.8. The fourth-order valence-corrected chi connectivity index (χ4v) is 3.65. The van der Waals surface area contributed by atoms with E-state index < -0.39 is 26.2 Å². The molecule has 25 heavy (non-hydrogen) atoms. The summed E-state index contributed by atoms with van der Waals surface area (Å²) in [5.41, 5.74) is 0.0477. The average Bonchev–Trinajstić information content (AvgIpc) is 2.98. The van der Waals surface area contributed by atoms with E-state index in [2.05, 4.69) is 9.71 Å². The fourth-order valence-electron chi connectivity index (χ4n) is 2.46. The Bertz CT molecular complexity index is 1120. The van der Waals surface area contributed by atoms with Gasteiger partial charge in [-0.3, -0.25) is 9.36 Å². The van der Waals surface area contributed by atoms with E-state index in [1.807, 2.05) is 35.0 Å². The Morgan fingerprint density at radius 2 is 1.92 bits per heavy atom. The first-order valence-electron chi connectivity index (χ1n) is 7.48. The molecule has 0 aliphatic rings. The molecule has 132 valence electrons. The summed E-state index contributed by atoms with van der Waals surface area (Å²) in [7, 11) is -1.41. The van der Waals surface area contributed by atoms with E-state index in [1.165, 1.54) is 14.1 Å². The van der Waals surface area contributed by atoms with Gasteiger partial charge < -0.3 is 8.97 Å². The lowest BCUT2D eigenvalue weighted by atomic mass is 10.3. The lowest BCUT2D eigenvalue weighted by Crippen LogP contribution is -2.41. The Kier molecular flexibility index (Phi) is 4.31. The second-order valence-electron chi connectivity index (χ2n) is 5.60. The highest BCUT2D eigenvalue weighted by Crippen LogP contribution is 2.05. The van der Waals surface area contributed by atoms with Crippen molar-refractivity contribution >= 4 is 15.7 Å². The predicted octanol–water partition coefficient (Wildman–Crippen LogP) is -0.747. The maximum atomic E-state index is 12.4. The molecule has 3 aromatic rings. The zero-order chi connectivity index (χ0) is 18.2. The molecule has 3 rings (SSSR count). The van der Waals surface area contributed by atoms with Crippen molar-refractivity contribution in [3.8, 4) is 0 Å². The van der Waals surface area contributed by atoms with E-state index in [4.69, 9.17) is 0 Å². The molecule has 0 aliphatic carbocycles. The van der Waals surface area contributed by atoms with Gasteiger partial charge in [-0.05, 0) is 12.1 Å². The van der Waals surface area contributed by atoms with Crippen LogP contribution in [0.5, 0.6) is 0 Å². The van der Waals surface area contributed by atoms with Crippen LogP contribution in [0.2, 0.25) is 0 Å². The zero-order valence-corrected chi connectivity index (χ0v) is 14.5. The van der Waals surface area contributed by atoms with Gasteiger partial charge in [0.1, 0.15) is 5.65 Å². The number of rotatable bonds is 5. The molecular formula is C15H17N5O4S. The average molecular weight is 363 g/mol. The fraction of sp³-hybridized carbons (Fsp3) is 0.267. The molecule has 0 spiro atoms. The first-order valence-corrected chi connectivity index (χ1v) is 8.97. The zero-order valence-electron chi connectivity index (χ0n) is 13.7. The SMILES string of the molecule is Cn1cc(S(=O)(=O)NCCc2cn3ccccc3n2)c(=O)n(C)c1=O. The number of aryl methyl sites for hydroxylation is 1. The van der Waals surface area contributed by atoms with Crippen molar-refractivity contribution in [3.63, 3.8) is 0 Å². The summed E-state index contributed by atoms with van der Waals surface area (Å²) >= 11 is 0. The standard InChI is InChI=1S/C15H17N5O4S/c1-18-10-12(14(21)19(2)15(18)22)25(23,24)16-7-6-11-9-20-8-4-3-5-13(20)17-11/h3-5,8-10,16H,6-7H2,1-2H3. The Morgan fingerprint density at radius 3 is 2.64 bits per heavy atom. The number of aromatic nitrogens is 4. The predicted molar refractivity (Wildman–Crippen MR) is 91.0 cm³/mol. The van der Waals surface area contributed by atoms with Crippen molar-refractivity contribution in [2.24, 2.45) is 14.1 Å². The maximum Gasteiger partial charge on any atom is 0.330 e. The highest BCUT2D eigenvalue weighted by Gasteiger charge is 2.21. The third-order valence-electron chi connectivity index (χ3n) is 3.79. The van der Waals surface area contributed by atoms with Gasteiger partial charge in [-0.1, -0.05) is 6.07 Å². The quantitative estimate of drug-likeness (QED) is 0.642. The van der Waals surface area contributed by atoms with E-state index in [0.29, 0.717) is 6.42 Å². The highest BCUT2D eigenvalue weighted by atomic mass is 32.2. The van der Waals surface area contributed by atoms with E-state index in [0.717, 1.165) is 26.7 Å². The lowest BCUT2D eigenvalue weighted by molar-refractivity contribution is 0.571. The molecule has 0 bridgehead atoms. The second kappa shape index (κ2) is 6.30. The summed E-state index contributed by atoms with van der Waals surface area (Å²) < 4.78 is 30.8. The topological polar surface area (TPSA) is 107 Å². The van der Waals surface area contributed by atoms with Crippen LogP contribution in [0.1, 0.15) is 5.69 Å². The monoisotopic (exact) mass is 363 g/mol. The van der Waals surface area contributed by atoms with Crippen LogP contribution in [0.3, 0.4) is 0 Å². The van der Waals surface area contributed by atoms with Gasteiger partial charge in [0.2, 0.25) is 10.0 Å². The van der Waals surface area contributed by atoms with Crippen molar-refractivity contribution in [3.05, 3.63) is 63.3 Å². The molecule has 9 nitrogen and oxygen atoms in total. The van der Waals surface area contributed by atoms with Crippen LogP contribution in [0.25, 0.3) is 5.65 Å². The smallest absolute Gasteiger partial charge is 0.307 e. The van der Waals surface area contributed by atoms with Crippen LogP contribution in [0.15, 0.2) is 51.3 Å². The molecule has 1 N–H and O–H groups in total. The van der Waals surface area contributed by atoms with E-state index in [9.17, 15) is 18.0 Å². The van der Waals surface area contributed by atoms with Crippen molar-refractivity contribution in [2.45, 2.75) is 11.3 Å². The molecule has 10 heteroatoms. The molecule has 0 saturated carbocycles. The number of hydrogen-bond donors (Lipinski definition) is 1. The maximum absolute atomic E-state index is 12.4. The van der Waals surface area contributed by atoms with Crippen LogP contribution in [-0.4, -0.2) is 33.5 Å². The molecule has 0 atom stereocenters. The molecule has 0 aliphatic heterocycles. The van der Waals surface area contributed by atoms with Gasteiger partial charge in [-0.2, -0.15) is 0 Å². The van der Waals surface area contributed by atoms with E-state index in [-0.39, 0.29) is 6.54 Å².